The largest absolute Gasteiger partial charge is 0.301 e. The van der Waals surface area contributed by atoms with Crippen molar-refractivity contribution in [1.82, 2.24) is 10.3 Å². The van der Waals surface area contributed by atoms with Gasteiger partial charge in [0.05, 0.1) is 15.8 Å². The molecule has 0 amide bonds. The minimum atomic E-state index is 0.510. The van der Waals surface area contributed by atoms with Gasteiger partial charge < -0.3 is 5.32 Å². The zero-order chi connectivity index (χ0) is 7.52. The van der Waals surface area contributed by atoms with Crippen molar-refractivity contribution in [3.63, 3.8) is 0 Å². The maximum absolute atomic E-state index is 4.06. The summed E-state index contributed by atoms with van der Waals surface area (Å²) in [5, 5.41) is 3.97. The molecule has 2 heterocycles. The molecular formula is C7H10N2S2. The van der Waals surface area contributed by atoms with Gasteiger partial charge in [0, 0.05) is 6.20 Å². The van der Waals surface area contributed by atoms with Crippen molar-refractivity contribution in [1.29, 1.82) is 0 Å². The zero-order valence-corrected chi connectivity index (χ0v) is 7.75. The first-order valence-corrected chi connectivity index (χ1v) is 5.63. The summed E-state index contributed by atoms with van der Waals surface area (Å²) < 4.78 is 0. The maximum Gasteiger partial charge on any atom is 0.0898 e. The van der Waals surface area contributed by atoms with Gasteiger partial charge in [0.25, 0.3) is 0 Å². The molecule has 1 aromatic rings. The van der Waals surface area contributed by atoms with Crippen LogP contribution in [0.25, 0.3) is 0 Å². The van der Waals surface area contributed by atoms with Crippen LogP contribution in [0.3, 0.4) is 0 Å². The van der Waals surface area contributed by atoms with E-state index in [2.05, 4.69) is 10.3 Å². The Kier molecular flexibility index (Phi) is 2.45. The third kappa shape index (κ3) is 1.75. The Labute approximate surface area is 74.4 Å². The number of thiazole rings is 1. The summed E-state index contributed by atoms with van der Waals surface area (Å²) in [4.78, 5) is 5.42. The molecule has 60 valence electrons. The molecule has 0 bridgehead atoms. The van der Waals surface area contributed by atoms with Crippen LogP contribution in [-0.2, 0) is 0 Å². The van der Waals surface area contributed by atoms with Crippen LogP contribution in [0.2, 0.25) is 0 Å². The van der Waals surface area contributed by atoms with Crippen LogP contribution in [0, 0.1) is 0 Å². The third-order valence-corrected chi connectivity index (χ3v) is 3.91. The van der Waals surface area contributed by atoms with E-state index in [1.807, 2.05) is 23.5 Å². The van der Waals surface area contributed by atoms with E-state index in [1.54, 1.807) is 11.3 Å². The van der Waals surface area contributed by atoms with Crippen molar-refractivity contribution >= 4 is 23.1 Å². The van der Waals surface area contributed by atoms with Gasteiger partial charge in [-0.1, -0.05) is 0 Å². The van der Waals surface area contributed by atoms with Gasteiger partial charge in [-0.15, -0.1) is 23.1 Å². The average Bonchev–Trinajstić information content (AvgIpc) is 2.58. The van der Waals surface area contributed by atoms with Gasteiger partial charge in [-0.05, 0) is 18.7 Å². The molecule has 1 unspecified atom stereocenters. The minimum absolute atomic E-state index is 0.510. The van der Waals surface area contributed by atoms with Crippen molar-refractivity contribution in [2.24, 2.45) is 0 Å². The Morgan fingerprint density at radius 1 is 1.64 bits per heavy atom. The van der Waals surface area contributed by atoms with E-state index < -0.39 is 0 Å². The smallest absolute Gasteiger partial charge is 0.0898 e. The summed E-state index contributed by atoms with van der Waals surface area (Å²) in [6, 6.07) is 0. The zero-order valence-electron chi connectivity index (χ0n) is 6.12. The fourth-order valence-corrected chi connectivity index (χ4v) is 3.05. The molecule has 2 nitrogen and oxygen atoms in total. The third-order valence-electron chi connectivity index (χ3n) is 1.65. The fraction of sp³-hybridized carbons (Fsp3) is 0.571. The molecule has 2 rings (SSSR count). The fourth-order valence-electron chi connectivity index (χ4n) is 1.10. The molecule has 11 heavy (non-hydrogen) atoms. The molecule has 1 N–H and O–H groups in total. The van der Waals surface area contributed by atoms with E-state index in [-0.39, 0.29) is 0 Å². The lowest BCUT2D eigenvalue weighted by Crippen LogP contribution is -2.24. The summed E-state index contributed by atoms with van der Waals surface area (Å²) in [5.41, 5.74) is 1.90. The van der Waals surface area contributed by atoms with Crippen LogP contribution in [-0.4, -0.2) is 17.3 Å². The lowest BCUT2D eigenvalue weighted by atomic mass is 10.4. The molecule has 0 spiro atoms. The van der Waals surface area contributed by atoms with Crippen LogP contribution in [0.15, 0.2) is 11.7 Å². The summed E-state index contributed by atoms with van der Waals surface area (Å²) in [7, 11) is 0. The Balaban J connectivity index is 2.04. The van der Waals surface area contributed by atoms with Crippen molar-refractivity contribution in [3.05, 3.63) is 16.6 Å². The van der Waals surface area contributed by atoms with Crippen molar-refractivity contribution in [3.8, 4) is 0 Å². The van der Waals surface area contributed by atoms with E-state index in [1.165, 1.54) is 17.1 Å². The minimum Gasteiger partial charge on any atom is -0.301 e. The van der Waals surface area contributed by atoms with Crippen molar-refractivity contribution in [2.45, 2.75) is 11.8 Å². The van der Waals surface area contributed by atoms with Crippen molar-refractivity contribution < 1.29 is 0 Å². The Bertz CT molecular complexity index is 204. The van der Waals surface area contributed by atoms with Gasteiger partial charge in [0.1, 0.15) is 0 Å². The SMILES string of the molecule is c1ncc(C2NCCCS2)s1. The molecular weight excluding hydrogens is 176 g/mol. The van der Waals surface area contributed by atoms with Gasteiger partial charge in [-0.25, -0.2) is 0 Å². The first-order chi connectivity index (χ1) is 5.47. The molecule has 0 aliphatic carbocycles. The average molecular weight is 186 g/mol. The quantitative estimate of drug-likeness (QED) is 0.724. The summed E-state index contributed by atoms with van der Waals surface area (Å²) in [6.07, 6.45) is 3.25. The monoisotopic (exact) mass is 186 g/mol. The number of nitrogens with one attached hydrogen (secondary N) is 1. The van der Waals surface area contributed by atoms with E-state index in [0.717, 1.165) is 6.54 Å². The van der Waals surface area contributed by atoms with Crippen LogP contribution in [0.5, 0.6) is 0 Å². The second kappa shape index (κ2) is 3.56. The Morgan fingerprint density at radius 2 is 2.64 bits per heavy atom. The number of thioether (sulfide) groups is 1. The van der Waals surface area contributed by atoms with Crippen molar-refractivity contribution in [2.75, 3.05) is 12.3 Å². The first kappa shape index (κ1) is 7.58. The van der Waals surface area contributed by atoms with Gasteiger partial charge in [-0.3, -0.25) is 4.98 Å². The molecule has 1 saturated heterocycles. The van der Waals surface area contributed by atoms with Crippen LogP contribution in [0.4, 0.5) is 0 Å². The van der Waals surface area contributed by atoms with Crippen LogP contribution >= 0.6 is 23.1 Å². The predicted molar refractivity (Wildman–Crippen MR) is 49.9 cm³/mol. The molecule has 0 radical (unpaired) electrons. The van der Waals surface area contributed by atoms with Crippen LogP contribution in [0.1, 0.15) is 16.7 Å². The summed E-state index contributed by atoms with van der Waals surface area (Å²) in [5.74, 6) is 1.27. The lowest BCUT2D eigenvalue weighted by Gasteiger charge is -2.21. The number of nitrogens with zero attached hydrogens (tertiary/aromatic N) is 1. The molecule has 0 saturated carbocycles. The molecule has 1 fully saturated rings. The lowest BCUT2D eigenvalue weighted by molar-refractivity contribution is 0.648. The highest BCUT2D eigenvalue weighted by molar-refractivity contribution is 7.99. The summed E-state index contributed by atoms with van der Waals surface area (Å²) in [6.45, 7) is 1.15. The molecule has 1 aliphatic rings. The number of rotatable bonds is 1. The van der Waals surface area contributed by atoms with E-state index >= 15 is 0 Å². The number of hydrogen-bond acceptors (Lipinski definition) is 4. The molecule has 1 atom stereocenters. The highest BCUT2D eigenvalue weighted by Gasteiger charge is 2.15. The Hall–Kier alpha value is -0.0600. The van der Waals surface area contributed by atoms with Gasteiger partial charge in [0.2, 0.25) is 0 Å². The Morgan fingerprint density at radius 3 is 3.27 bits per heavy atom. The topological polar surface area (TPSA) is 24.9 Å². The van der Waals surface area contributed by atoms with E-state index in [0.29, 0.717) is 5.37 Å². The second-order valence-electron chi connectivity index (χ2n) is 2.46. The summed E-state index contributed by atoms with van der Waals surface area (Å²) >= 11 is 3.72. The van der Waals surface area contributed by atoms with E-state index in [9.17, 15) is 0 Å². The molecule has 4 heteroatoms. The second-order valence-corrected chi connectivity index (χ2v) is 4.59. The standard InChI is InChI=1S/C7H10N2S2/c1-2-9-7(10-3-1)6-4-8-5-11-6/h4-5,7,9H,1-3H2. The van der Waals surface area contributed by atoms with Gasteiger partial charge in [-0.2, -0.15) is 0 Å². The van der Waals surface area contributed by atoms with Gasteiger partial charge in [0.15, 0.2) is 0 Å². The van der Waals surface area contributed by atoms with Gasteiger partial charge >= 0.3 is 0 Å². The van der Waals surface area contributed by atoms with E-state index in [4.69, 9.17) is 0 Å². The molecule has 0 aromatic carbocycles. The molecule has 1 aromatic heterocycles. The number of aromatic nitrogens is 1. The van der Waals surface area contributed by atoms with Crippen LogP contribution < -0.4 is 5.32 Å². The number of hydrogen-bond donors (Lipinski definition) is 1. The first-order valence-electron chi connectivity index (χ1n) is 3.70. The molecule has 1 aliphatic heterocycles. The maximum atomic E-state index is 4.06. The highest BCUT2D eigenvalue weighted by Crippen LogP contribution is 2.31. The highest BCUT2D eigenvalue weighted by atomic mass is 32.2. The predicted octanol–water partition coefficient (Wildman–Crippen LogP) is 1.87. The normalized spacial score (nSPS) is 25.3.